The van der Waals surface area contributed by atoms with Crippen LogP contribution in [0.25, 0.3) is 0 Å². The maximum Gasteiger partial charge on any atom is 0.246 e. The number of nitrogens with two attached hydrogens (primary N) is 1. The van der Waals surface area contributed by atoms with Crippen molar-refractivity contribution >= 4 is 33.2 Å². The van der Waals surface area contributed by atoms with E-state index in [1.807, 2.05) is 26.0 Å². The minimum Gasteiger partial charge on any atom is -0.396 e. The van der Waals surface area contributed by atoms with E-state index < -0.39 is 0 Å². The monoisotopic (exact) mass is 322 g/mol. The molecule has 2 rings (SSSR count). The van der Waals surface area contributed by atoms with Crippen LogP contribution in [0.5, 0.6) is 0 Å². The first-order valence-electron chi connectivity index (χ1n) is 5.80. The van der Waals surface area contributed by atoms with Crippen LogP contribution in [-0.2, 0) is 11.3 Å². The molecule has 1 amide bonds. The predicted octanol–water partition coefficient (Wildman–Crippen LogP) is 2.48. The molecule has 0 aliphatic heterocycles. The van der Waals surface area contributed by atoms with E-state index in [0.29, 0.717) is 5.69 Å². The summed E-state index contributed by atoms with van der Waals surface area (Å²) < 4.78 is 2.38. The second kappa shape index (κ2) is 5.44. The Bertz CT molecular complexity index is 598. The summed E-state index contributed by atoms with van der Waals surface area (Å²) in [6, 6.07) is 3.99. The molecule has 3 N–H and O–H groups in total. The Hall–Kier alpha value is -1.82. The minimum absolute atomic E-state index is 0.136. The molecular formula is C13H15BrN4O. The lowest BCUT2D eigenvalue weighted by atomic mass is 10.1. The summed E-state index contributed by atoms with van der Waals surface area (Å²) >= 11 is 3.46. The Balaban J connectivity index is 2.11. The topological polar surface area (TPSA) is 72.9 Å². The number of aromatic nitrogens is 2. The highest BCUT2D eigenvalue weighted by Gasteiger charge is 2.10. The molecule has 19 heavy (non-hydrogen) atoms. The number of carbonyl (C=O) groups excluding carboxylic acids is 1. The largest absolute Gasteiger partial charge is 0.396 e. The average Bonchev–Trinajstić information content (AvgIpc) is 2.69. The van der Waals surface area contributed by atoms with Gasteiger partial charge in [0.05, 0.1) is 17.6 Å². The first-order valence-corrected chi connectivity index (χ1v) is 6.59. The van der Waals surface area contributed by atoms with E-state index in [2.05, 4.69) is 26.3 Å². The smallest absolute Gasteiger partial charge is 0.246 e. The van der Waals surface area contributed by atoms with Crippen LogP contribution in [0.4, 0.5) is 11.4 Å². The van der Waals surface area contributed by atoms with Crippen molar-refractivity contribution in [3.8, 4) is 0 Å². The van der Waals surface area contributed by atoms with Crippen molar-refractivity contribution in [2.75, 3.05) is 11.1 Å². The Morgan fingerprint density at radius 1 is 1.47 bits per heavy atom. The number of rotatable bonds is 3. The third kappa shape index (κ3) is 3.35. The van der Waals surface area contributed by atoms with E-state index in [1.165, 1.54) is 10.9 Å². The number of halogens is 1. The number of anilines is 2. The Labute approximate surface area is 119 Å². The van der Waals surface area contributed by atoms with Gasteiger partial charge in [-0.05, 0) is 47.0 Å². The van der Waals surface area contributed by atoms with Gasteiger partial charge in [0.2, 0.25) is 5.91 Å². The van der Waals surface area contributed by atoms with Crippen LogP contribution in [-0.4, -0.2) is 15.7 Å². The molecular weight excluding hydrogens is 308 g/mol. The summed E-state index contributed by atoms with van der Waals surface area (Å²) in [5.74, 6) is -0.143. The molecule has 0 saturated carbocycles. The van der Waals surface area contributed by atoms with Crippen LogP contribution in [0.15, 0.2) is 29.0 Å². The summed E-state index contributed by atoms with van der Waals surface area (Å²) in [6.07, 6.45) is 3.14. The number of hydrogen-bond donors (Lipinski definition) is 2. The van der Waals surface area contributed by atoms with Crippen LogP contribution in [0.1, 0.15) is 11.1 Å². The van der Waals surface area contributed by atoms with Crippen LogP contribution in [0.3, 0.4) is 0 Å². The zero-order valence-corrected chi connectivity index (χ0v) is 12.4. The maximum atomic E-state index is 11.9. The maximum absolute atomic E-state index is 11.9. The summed E-state index contributed by atoms with van der Waals surface area (Å²) in [6.45, 7) is 4.10. The number of nitrogen functional groups attached to an aromatic ring is 1. The van der Waals surface area contributed by atoms with Crippen molar-refractivity contribution in [1.29, 1.82) is 0 Å². The lowest BCUT2D eigenvalue weighted by Crippen LogP contribution is -2.19. The first kappa shape index (κ1) is 13.6. The highest BCUT2D eigenvalue weighted by molar-refractivity contribution is 9.10. The number of carbonyl (C=O) groups is 1. The Morgan fingerprint density at radius 3 is 2.79 bits per heavy atom. The third-order valence-corrected chi connectivity index (χ3v) is 3.28. The lowest BCUT2D eigenvalue weighted by molar-refractivity contribution is -0.116. The average molecular weight is 323 g/mol. The van der Waals surface area contributed by atoms with Gasteiger partial charge in [0, 0.05) is 10.7 Å². The molecule has 0 atom stereocenters. The van der Waals surface area contributed by atoms with Gasteiger partial charge in [-0.3, -0.25) is 9.48 Å². The fourth-order valence-electron chi connectivity index (χ4n) is 1.87. The zero-order chi connectivity index (χ0) is 14.0. The highest BCUT2D eigenvalue weighted by Crippen LogP contribution is 2.27. The van der Waals surface area contributed by atoms with Gasteiger partial charge in [0.1, 0.15) is 6.54 Å². The summed E-state index contributed by atoms with van der Waals surface area (Å²) in [5, 5.41) is 6.85. The summed E-state index contributed by atoms with van der Waals surface area (Å²) in [4.78, 5) is 11.9. The number of nitrogens with zero attached hydrogens (tertiary/aromatic N) is 2. The molecule has 0 fully saturated rings. The second-order valence-electron chi connectivity index (χ2n) is 4.46. The molecule has 5 nitrogen and oxygen atoms in total. The van der Waals surface area contributed by atoms with Crippen LogP contribution >= 0.6 is 15.9 Å². The van der Waals surface area contributed by atoms with Crippen molar-refractivity contribution in [3.05, 3.63) is 40.1 Å². The molecule has 0 spiro atoms. The SMILES string of the molecule is Cc1cc(C)c(NC(=O)Cn2cc(N)cn2)c(Br)c1. The Kier molecular flexibility index (Phi) is 3.90. The molecule has 100 valence electrons. The van der Waals surface area contributed by atoms with Gasteiger partial charge in [-0.2, -0.15) is 5.10 Å². The zero-order valence-electron chi connectivity index (χ0n) is 10.8. The number of aryl methyl sites for hydroxylation is 2. The van der Waals surface area contributed by atoms with Gasteiger partial charge in [0.15, 0.2) is 0 Å². The lowest BCUT2D eigenvalue weighted by Gasteiger charge is -2.11. The number of benzene rings is 1. The van der Waals surface area contributed by atoms with Crippen LogP contribution < -0.4 is 11.1 Å². The fraction of sp³-hybridized carbons (Fsp3) is 0.231. The van der Waals surface area contributed by atoms with E-state index in [0.717, 1.165) is 21.3 Å². The van der Waals surface area contributed by atoms with Crippen molar-refractivity contribution in [2.24, 2.45) is 0 Å². The normalized spacial score (nSPS) is 10.5. The fourth-order valence-corrected chi connectivity index (χ4v) is 2.64. The minimum atomic E-state index is -0.143. The van der Waals surface area contributed by atoms with Gasteiger partial charge < -0.3 is 11.1 Å². The molecule has 2 aromatic rings. The molecule has 0 saturated heterocycles. The molecule has 0 unspecified atom stereocenters. The van der Waals surface area contributed by atoms with Crippen molar-refractivity contribution in [2.45, 2.75) is 20.4 Å². The molecule has 6 heteroatoms. The van der Waals surface area contributed by atoms with Crippen LogP contribution in [0, 0.1) is 13.8 Å². The van der Waals surface area contributed by atoms with E-state index in [4.69, 9.17) is 5.73 Å². The molecule has 1 aromatic heterocycles. The van der Waals surface area contributed by atoms with E-state index >= 15 is 0 Å². The van der Waals surface area contributed by atoms with Crippen LogP contribution in [0.2, 0.25) is 0 Å². The van der Waals surface area contributed by atoms with Gasteiger partial charge in [0.25, 0.3) is 0 Å². The van der Waals surface area contributed by atoms with Gasteiger partial charge in [-0.15, -0.1) is 0 Å². The molecule has 0 aliphatic rings. The number of amides is 1. The van der Waals surface area contributed by atoms with Gasteiger partial charge in [-0.25, -0.2) is 0 Å². The Morgan fingerprint density at radius 2 is 2.21 bits per heavy atom. The van der Waals surface area contributed by atoms with E-state index in [9.17, 15) is 4.79 Å². The summed E-state index contributed by atoms with van der Waals surface area (Å²) in [5.41, 5.74) is 9.03. The molecule has 0 bridgehead atoms. The van der Waals surface area contributed by atoms with E-state index in [-0.39, 0.29) is 12.5 Å². The van der Waals surface area contributed by atoms with Gasteiger partial charge >= 0.3 is 0 Å². The molecule has 1 heterocycles. The first-order chi connectivity index (χ1) is 8.95. The molecule has 0 aliphatic carbocycles. The predicted molar refractivity (Wildman–Crippen MR) is 78.9 cm³/mol. The quantitative estimate of drug-likeness (QED) is 0.911. The number of nitrogens with one attached hydrogen (secondary N) is 1. The van der Waals surface area contributed by atoms with Crippen molar-refractivity contribution in [1.82, 2.24) is 9.78 Å². The third-order valence-electron chi connectivity index (χ3n) is 2.65. The summed E-state index contributed by atoms with van der Waals surface area (Å²) in [7, 11) is 0. The van der Waals surface area contributed by atoms with E-state index in [1.54, 1.807) is 6.20 Å². The second-order valence-corrected chi connectivity index (χ2v) is 5.31. The molecule has 1 aromatic carbocycles. The standard InChI is InChI=1S/C13H15BrN4O/c1-8-3-9(2)13(11(14)4-8)17-12(19)7-18-6-10(15)5-16-18/h3-6H,7,15H2,1-2H3,(H,17,19). The van der Waals surface area contributed by atoms with Crippen molar-refractivity contribution < 1.29 is 4.79 Å². The van der Waals surface area contributed by atoms with Gasteiger partial charge in [-0.1, -0.05) is 6.07 Å². The highest BCUT2D eigenvalue weighted by atomic mass is 79.9. The number of hydrogen-bond acceptors (Lipinski definition) is 3. The van der Waals surface area contributed by atoms with Crippen molar-refractivity contribution in [3.63, 3.8) is 0 Å². The molecule has 0 radical (unpaired) electrons.